The first kappa shape index (κ1) is 12.1. The monoisotopic (exact) mass is 263 g/mol. The summed E-state index contributed by atoms with van der Waals surface area (Å²) in [6.45, 7) is 1.24. The third-order valence-electron chi connectivity index (χ3n) is 3.50. The molecular weight excluding hydrogens is 249 g/mol. The van der Waals surface area contributed by atoms with Crippen molar-refractivity contribution >= 4 is 23.2 Å². The maximum absolute atomic E-state index is 13.9. The Bertz CT molecular complexity index is 555. The third kappa shape index (κ3) is 2.31. The third-order valence-corrected chi connectivity index (χ3v) is 3.50. The number of hydrogen-bond donors (Lipinski definition) is 3. The summed E-state index contributed by atoms with van der Waals surface area (Å²) in [6, 6.07) is 2.87. The fourth-order valence-corrected chi connectivity index (χ4v) is 2.20. The largest absolute Gasteiger partial charge is 0.326 e. The Balaban J connectivity index is 1.83. The molecule has 0 saturated carbocycles. The molecule has 2 amide bonds. The number of aryl methyl sites for hydroxylation is 1. The van der Waals surface area contributed by atoms with E-state index in [0.717, 1.165) is 5.56 Å². The predicted molar refractivity (Wildman–Crippen MR) is 68.3 cm³/mol. The number of amides is 2. The fourth-order valence-electron chi connectivity index (χ4n) is 2.20. The fraction of sp³-hybridized carbons (Fsp3) is 0.385. The van der Waals surface area contributed by atoms with Gasteiger partial charge >= 0.3 is 0 Å². The normalized spacial score (nSPS) is 18.3. The second-order valence-corrected chi connectivity index (χ2v) is 4.88. The molecule has 0 bridgehead atoms. The molecule has 2 aliphatic rings. The molecule has 1 aromatic carbocycles. The second kappa shape index (κ2) is 4.62. The highest BCUT2D eigenvalue weighted by atomic mass is 19.1. The molecule has 3 rings (SSSR count). The van der Waals surface area contributed by atoms with Gasteiger partial charge in [-0.15, -0.1) is 0 Å². The number of benzene rings is 1. The molecule has 19 heavy (non-hydrogen) atoms. The van der Waals surface area contributed by atoms with E-state index in [1.807, 2.05) is 0 Å². The molecule has 2 heterocycles. The van der Waals surface area contributed by atoms with Gasteiger partial charge in [0.15, 0.2) is 0 Å². The van der Waals surface area contributed by atoms with Crippen molar-refractivity contribution in [2.45, 2.75) is 12.8 Å². The van der Waals surface area contributed by atoms with E-state index in [0.29, 0.717) is 31.6 Å². The number of anilines is 2. The van der Waals surface area contributed by atoms with E-state index in [1.165, 1.54) is 12.1 Å². The van der Waals surface area contributed by atoms with Crippen LogP contribution >= 0.6 is 0 Å². The summed E-state index contributed by atoms with van der Waals surface area (Å²) in [5.74, 6) is -0.847. The minimum atomic E-state index is -0.462. The molecule has 0 aromatic heterocycles. The zero-order valence-corrected chi connectivity index (χ0v) is 10.3. The van der Waals surface area contributed by atoms with Crippen LogP contribution in [0.4, 0.5) is 15.8 Å². The summed E-state index contributed by atoms with van der Waals surface area (Å²) in [7, 11) is 0. The molecule has 0 unspecified atom stereocenters. The predicted octanol–water partition coefficient (Wildman–Crippen LogP) is 0.868. The minimum Gasteiger partial charge on any atom is -0.326 e. The van der Waals surface area contributed by atoms with E-state index < -0.39 is 5.82 Å². The Labute approximate surface area is 109 Å². The minimum absolute atomic E-state index is 0.0837. The van der Waals surface area contributed by atoms with Crippen LogP contribution in [0, 0.1) is 11.7 Å². The van der Waals surface area contributed by atoms with Crippen LogP contribution in [-0.2, 0) is 16.0 Å². The average molecular weight is 263 g/mol. The highest BCUT2D eigenvalue weighted by Crippen LogP contribution is 2.29. The Morgan fingerprint density at radius 2 is 2.11 bits per heavy atom. The summed E-state index contributed by atoms with van der Waals surface area (Å²) in [4.78, 5) is 23.1. The molecule has 0 aliphatic carbocycles. The van der Waals surface area contributed by atoms with Crippen molar-refractivity contribution in [3.05, 3.63) is 23.5 Å². The SMILES string of the molecule is O=C1CCc2cc(F)c(NC(=O)C3CNC3)cc2N1. The molecule has 1 aromatic rings. The zero-order valence-electron chi connectivity index (χ0n) is 10.3. The van der Waals surface area contributed by atoms with Gasteiger partial charge in [-0.05, 0) is 24.1 Å². The van der Waals surface area contributed by atoms with Gasteiger partial charge in [0.1, 0.15) is 5.82 Å². The van der Waals surface area contributed by atoms with E-state index in [4.69, 9.17) is 0 Å². The number of hydrogen-bond acceptors (Lipinski definition) is 3. The van der Waals surface area contributed by atoms with Crippen molar-refractivity contribution in [3.8, 4) is 0 Å². The van der Waals surface area contributed by atoms with Crippen molar-refractivity contribution in [2.75, 3.05) is 23.7 Å². The highest BCUT2D eigenvalue weighted by molar-refractivity contribution is 5.97. The average Bonchev–Trinajstić information content (AvgIpc) is 2.28. The summed E-state index contributed by atoms with van der Waals surface area (Å²) < 4.78 is 13.9. The molecule has 0 radical (unpaired) electrons. The molecule has 0 spiro atoms. The van der Waals surface area contributed by atoms with Gasteiger partial charge in [-0.1, -0.05) is 0 Å². The lowest BCUT2D eigenvalue weighted by Gasteiger charge is -2.26. The Morgan fingerprint density at radius 3 is 2.79 bits per heavy atom. The van der Waals surface area contributed by atoms with Crippen LogP contribution in [0.15, 0.2) is 12.1 Å². The Morgan fingerprint density at radius 1 is 1.32 bits per heavy atom. The summed E-state index contributed by atoms with van der Waals surface area (Å²) in [5.41, 5.74) is 1.47. The zero-order chi connectivity index (χ0) is 13.4. The lowest BCUT2D eigenvalue weighted by atomic mass is 10.0. The van der Waals surface area contributed by atoms with Crippen molar-refractivity contribution in [2.24, 2.45) is 5.92 Å². The summed E-state index contributed by atoms with van der Waals surface area (Å²) in [6.07, 6.45) is 0.894. The molecule has 1 saturated heterocycles. The van der Waals surface area contributed by atoms with Crippen LogP contribution in [0.1, 0.15) is 12.0 Å². The van der Waals surface area contributed by atoms with Crippen LogP contribution in [0.2, 0.25) is 0 Å². The first-order chi connectivity index (χ1) is 9.13. The van der Waals surface area contributed by atoms with Gasteiger partial charge in [-0.3, -0.25) is 9.59 Å². The van der Waals surface area contributed by atoms with Gasteiger partial charge < -0.3 is 16.0 Å². The van der Waals surface area contributed by atoms with Crippen LogP contribution in [0.5, 0.6) is 0 Å². The summed E-state index contributed by atoms with van der Waals surface area (Å²) >= 11 is 0. The topological polar surface area (TPSA) is 70.2 Å². The maximum Gasteiger partial charge on any atom is 0.230 e. The molecule has 0 atom stereocenters. The van der Waals surface area contributed by atoms with Crippen molar-refractivity contribution in [1.82, 2.24) is 5.32 Å². The number of fused-ring (bicyclic) bond motifs is 1. The number of rotatable bonds is 2. The lowest BCUT2D eigenvalue weighted by molar-refractivity contribution is -0.121. The first-order valence-electron chi connectivity index (χ1n) is 6.27. The molecular formula is C13H14FN3O2. The molecule has 6 heteroatoms. The van der Waals surface area contributed by atoms with Gasteiger partial charge in [-0.25, -0.2) is 4.39 Å². The van der Waals surface area contributed by atoms with Crippen LogP contribution in [0.25, 0.3) is 0 Å². The molecule has 100 valence electrons. The first-order valence-corrected chi connectivity index (χ1v) is 6.27. The van der Waals surface area contributed by atoms with Crippen LogP contribution in [0.3, 0.4) is 0 Å². The van der Waals surface area contributed by atoms with Crippen molar-refractivity contribution in [1.29, 1.82) is 0 Å². The van der Waals surface area contributed by atoms with Crippen LogP contribution < -0.4 is 16.0 Å². The highest BCUT2D eigenvalue weighted by Gasteiger charge is 2.26. The Hall–Kier alpha value is -1.95. The van der Waals surface area contributed by atoms with Gasteiger partial charge in [0, 0.05) is 25.2 Å². The van der Waals surface area contributed by atoms with E-state index in [-0.39, 0.29) is 23.4 Å². The number of carbonyl (C=O) groups excluding carboxylic acids is 2. The molecule has 5 nitrogen and oxygen atoms in total. The van der Waals surface area contributed by atoms with Gasteiger partial charge in [0.25, 0.3) is 0 Å². The van der Waals surface area contributed by atoms with E-state index in [9.17, 15) is 14.0 Å². The van der Waals surface area contributed by atoms with Gasteiger partial charge in [0.2, 0.25) is 11.8 Å². The molecule has 3 N–H and O–H groups in total. The van der Waals surface area contributed by atoms with E-state index in [2.05, 4.69) is 16.0 Å². The quantitative estimate of drug-likeness (QED) is 0.741. The van der Waals surface area contributed by atoms with Crippen molar-refractivity contribution < 1.29 is 14.0 Å². The number of nitrogens with one attached hydrogen (secondary N) is 3. The van der Waals surface area contributed by atoms with Crippen molar-refractivity contribution in [3.63, 3.8) is 0 Å². The standard InChI is InChI=1S/C13H14FN3O2/c14-9-3-7-1-2-12(18)16-10(7)4-11(9)17-13(19)8-5-15-6-8/h3-4,8,15H,1-2,5-6H2,(H,16,18)(H,17,19). The molecule has 2 aliphatic heterocycles. The number of carbonyl (C=O) groups is 2. The Kier molecular flexibility index (Phi) is 2.94. The van der Waals surface area contributed by atoms with E-state index in [1.54, 1.807) is 0 Å². The molecule has 1 fully saturated rings. The number of halogens is 1. The van der Waals surface area contributed by atoms with E-state index >= 15 is 0 Å². The van der Waals surface area contributed by atoms with Gasteiger partial charge in [-0.2, -0.15) is 0 Å². The summed E-state index contributed by atoms with van der Waals surface area (Å²) in [5, 5.41) is 8.25. The second-order valence-electron chi connectivity index (χ2n) is 4.88. The smallest absolute Gasteiger partial charge is 0.230 e. The maximum atomic E-state index is 13.9. The lowest BCUT2D eigenvalue weighted by Crippen LogP contribution is -2.48. The van der Waals surface area contributed by atoms with Crippen LogP contribution in [-0.4, -0.2) is 24.9 Å². The van der Waals surface area contributed by atoms with Gasteiger partial charge in [0.05, 0.1) is 11.6 Å².